The number of methoxy groups -OCH3 is 1. The molecule has 0 atom stereocenters. The molecule has 0 aliphatic rings. The van der Waals surface area contributed by atoms with Crippen LogP contribution in [0, 0.1) is 0 Å². The molecule has 0 aromatic carbocycles. The molecule has 1 rings (SSSR count). The average Bonchev–Trinajstić information content (AvgIpc) is 2.81. The van der Waals surface area contributed by atoms with Crippen LogP contribution in [0.2, 0.25) is 0 Å². The Bertz CT molecular complexity index is 442. The van der Waals surface area contributed by atoms with Crippen LogP contribution in [0.3, 0.4) is 0 Å². The maximum absolute atomic E-state index is 11.8. The lowest BCUT2D eigenvalue weighted by atomic mass is 10.4. The van der Waals surface area contributed by atoms with E-state index in [1.54, 1.807) is 13.2 Å². The Balaban J connectivity index is 2.53. The second-order valence-corrected chi connectivity index (χ2v) is 5.44. The summed E-state index contributed by atoms with van der Waals surface area (Å²) in [5, 5.41) is 3.02. The van der Waals surface area contributed by atoms with Gasteiger partial charge >= 0.3 is 0 Å². The molecule has 104 valence electrons. The molecule has 1 aromatic heterocycles. The Morgan fingerprint density at radius 2 is 2.17 bits per heavy atom. The predicted octanol–water partition coefficient (Wildman–Crippen LogP) is 0.704. The van der Waals surface area contributed by atoms with Crippen molar-refractivity contribution >= 4 is 10.0 Å². The Morgan fingerprint density at radius 3 is 2.83 bits per heavy atom. The molecule has 0 spiro atoms. The minimum absolute atomic E-state index is 0.0483. The molecule has 0 aliphatic heterocycles. The van der Waals surface area contributed by atoms with Crippen molar-refractivity contribution in [3.05, 3.63) is 17.9 Å². The molecule has 6 nitrogen and oxygen atoms in total. The molecule has 0 amide bonds. The second-order valence-electron chi connectivity index (χ2n) is 3.75. The summed E-state index contributed by atoms with van der Waals surface area (Å²) in [5.41, 5.74) is 0. The van der Waals surface area contributed by atoms with E-state index in [0.717, 1.165) is 6.54 Å². The Hall–Kier alpha value is -0.890. The minimum Gasteiger partial charge on any atom is -0.447 e. The molecule has 18 heavy (non-hydrogen) atoms. The van der Waals surface area contributed by atoms with Crippen molar-refractivity contribution in [2.45, 2.75) is 25.0 Å². The highest BCUT2D eigenvalue weighted by Crippen LogP contribution is 2.13. The van der Waals surface area contributed by atoms with Gasteiger partial charge in [0.15, 0.2) is 0 Å². The quantitative estimate of drug-likeness (QED) is 0.649. The summed E-state index contributed by atoms with van der Waals surface area (Å²) in [6, 6.07) is 3.12. The third kappa shape index (κ3) is 4.77. The summed E-state index contributed by atoms with van der Waals surface area (Å²) in [7, 11) is -1.97. The van der Waals surface area contributed by atoms with Gasteiger partial charge < -0.3 is 14.5 Å². The van der Waals surface area contributed by atoms with Crippen molar-refractivity contribution < 1.29 is 17.6 Å². The van der Waals surface area contributed by atoms with Crippen LogP contribution in [0.5, 0.6) is 0 Å². The fraction of sp³-hybridized carbons (Fsp3) is 0.636. The zero-order chi connectivity index (χ0) is 13.4. The maximum atomic E-state index is 11.8. The van der Waals surface area contributed by atoms with Crippen molar-refractivity contribution in [1.29, 1.82) is 0 Å². The first kappa shape index (κ1) is 15.2. The van der Waals surface area contributed by atoms with Crippen LogP contribution in [0.4, 0.5) is 0 Å². The molecule has 0 saturated heterocycles. The van der Waals surface area contributed by atoms with E-state index in [0.29, 0.717) is 31.9 Å². The van der Waals surface area contributed by atoms with Crippen LogP contribution >= 0.6 is 0 Å². The number of hydrogen-bond acceptors (Lipinski definition) is 5. The van der Waals surface area contributed by atoms with Gasteiger partial charge in [0.2, 0.25) is 5.09 Å². The highest BCUT2D eigenvalue weighted by atomic mass is 32.2. The lowest BCUT2D eigenvalue weighted by Gasteiger charge is -2.03. The van der Waals surface area contributed by atoms with Crippen LogP contribution in [-0.2, 0) is 21.3 Å². The summed E-state index contributed by atoms with van der Waals surface area (Å²) < 4.78 is 36.2. The summed E-state index contributed by atoms with van der Waals surface area (Å²) in [6.45, 7) is 4.15. The number of rotatable bonds is 9. The van der Waals surface area contributed by atoms with Crippen molar-refractivity contribution in [3.8, 4) is 0 Å². The Morgan fingerprint density at radius 1 is 1.39 bits per heavy atom. The van der Waals surface area contributed by atoms with Crippen LogP contribution in [0.15, 0.2) is 21.6 Å². The Kier molecular flexibility index (Phi) is 6.34. The van der Waals surface area contributed by atoms with Gasteiger partial charge in [0.1, 0.15) is 5.76 Å². The molecule has 1 heterocycles. The zero-order valence-corrected chi connectivity index (χ0v) is 11.5. The van der Waals surface area contributed by atoms with Gasteiger partial charge in [-0.25, -0.2) is 13.1 Å². The molecular weight excluding hydrogens is 256 g/mol. The Labute approximate surface area is 108 Å². The van der Waals surface area contributed by atoms with Crippen molar-refractivity contribution in [2.24, 2.45) is 0 Å². The summed E-state index contributed by atoms with van der Waals surface area (Å²) >= 11 is 0. The molecular formula is C11H20N2O4S. The standard InChI is InChI=1S/C11H20N2O4S/c1-3-12-9-10-5-6-11(17-10)18(14,15)13-7-4-8-16-2/h5-6,12-13H,3-4,7-9H2,1-2H3. The fourth-order valence-electron chi connectivity index (χ4n) is 1.34. The molecule has 0 radical (unpaired) electrons. The van der Waals surface area contributed by atoms with E-state index in [1.807, 2.05) is 6.92 Å². The van der Waals surface area contributed by atoms with Crippen LogP contribution in [0.25, 0.3) is 0 Å². The first-order valence-electron chi connectivity index (χ1n) is 5.88. The normalized spacial score (nSPS) is 11.9. The number of furan rings is 1. The lowest BCUT2D eigenvalue weighted by Crippen LogP contribution is -2.25. The first-order chi connectivity index (χ1) is 8.60. The fourth-order valence-corrected chi connectivity index (χ4v) is 2.36. The molecule has 0 saturated carbocycles. The summed E-state index contributed by atoms with van der Waals surface area (Å²) in [5.74, 6) is 0.606. The average molecular weight is 276 g/mol. The summed E-state index contributed by atoms with van der Waals surface area (Å²) in [6.07, 6.45) is 0.626. The van der Waals surface area contributed by atoms with Gasteiger partial charge in [0.25, 0.3) is 10.0 Å². The number of ether oxygens (including phenoxy) is 1. The molecule has 0 fully saturated rings. The second kappa shape index (κ2) is 7.52. The van der Waals surface area contributed by atoms with Gasteiger partial charge in [-0.1, -0.05) is 6.92 Å². The van der Waals surface area contributed by atoms with Crippen LogP contribution in [0.1, 0.15) is 19.1 Å². The zero-order valence-electron chi connectivity index (χ0n) is 10.7. The number of sulfonamides is 1. The maximum Gasteiger partial charge on any atom is 0.273 e. The third-order valence-electron chi connectivity index (χ3n) is 2.27. The van der Waals surface area contributed by atoms with E-state index < -0.39 is 10.0 Å². The van der Waals surface area contributed by atoms with E-state index in [-0.39, 0.29) is 5.09 Å². The lowest BCUT2D eigenvalue weighted by molar-refractivity contribution is 0.196. The van der Waals surface area contributed by atoms with Crippen molar-refractivity contribution in [3.63, 3.8) is 0 Å². The van der Waals surface area contributed by atoms with Crippen LogP contribution in [-0.4, -0.2) is 35.2 Å². The largest absolute Gasteiger partial charge is 0.447 e. The van der Waals surface area contributed by atoms with E-state index in [1.165, 1.54) is 6.07 Å². The highest BCUT2D eigenvalue weighted by molar-refractivity contribution is 7.89. The molecule has 2 N–H and O–H groups in total. The third-order valence-corrected chi connectivity index (χ3v) is 3.60. The van der Waals surface area contributed by atoms with E-state index in [2.05, 4.69) is 10.0 Å². The van der Waals surface area contributed by atoms with E-state index in [4.69, 9.17) is 9.15 Å². The van der Waals surface area contributed by atoms with E-state index in [9.17, 15) is 8.42 Å². The molecule has 1 aromatic rings. The monoisotopic (exact) mass is 276 g/mol. The summed E-state index contributed by atoms with van der Waals surface area (Å²) in [4.78, 5) is 0. The van der Waals surface area contributed by atoms with Crippen molar-refractivity contribution in [1.82, 2.24) is 10.0 Å². The number of hydrogen-bond donors (Lipinski definition) is 2. The van der Waals surface area contributed by atoms with Gasteiger partial charge in [-0.15, -0.1) is 0 Å². The van der Waals surface area contributed by atoms with Gasteiger partial charge in [-0.05, 0) is 25.1 Å². The van der Waals surface area contributed by atoms with Crippen molar-refractivity contribution in [2.75, 3.05) is 26.8 Å². The highest BCUT2D eigenvalue weighted by Gasteiger charge is 2.17. The molecule has 0 bridgehead atoms. The molecule has 0 unspecified atom stereocenters. The topological polar surface area (TPSA) is 80.6 Å². The van der Waals surface area contributed by atoms with Crippen LogP contribution < -0.4 is 10.0 Å². The minimum atomic E-state index is -3.54. The predicted molar refractivity (Wildman–Crippen MR) is 67.8 cm³/mol. The van der Waals surface area contributed by atoms with Gasteiger partial charge in [0.05, 0.1) is 6.54 Å². The first-order valence-corrected chi connectivity index (χ1v) is 7.36. The van der Waals surface area contributed by atoms with E-state index >= 15 is 0 Å². The van der Waals surface area contributed by atoms with Gasteiger partial charge in [-0.3, -0.25) is 0 Å². The molecule has 0 aliphatic carbocycles. The molecule has 7 heteroatoms. The number of nitrogens with one attached hydrogen (secondary N) is 2. The SMILES string of the molecule is CCNCc1ccc(S(=O)(=O)NCCCOC)o1. The van der Waals surface area contributed by atoms with Gasteiger partial charge in [-0.2, -0.15) is 0 Å². The van der Waals surface area contributed by atoms with Gasteiger partial charge in [0, 0.05) is 20.3 Å². The smallest absolute Gasteiger partial charge is 0.273 e.